The Bertz CT molecular complexity index is 508. The largest absolute Gasteiger partial charge is 0.383 e. The van der Waals surface area contributed by atoms with Gasteiger partial charge in [-0.1, -0.05) is 49.6 Å². The topological polar surface area (TPSA) is 50.5 Å². The molecule has 3 rings (SSSR count). The van der Waals surface area contributed by atoms with Crippen LogP contribution in [0.5, 0.6) is 0 Å². The highest BCUT2D eigenvalue weighted by molar-refractivity contribution is 5.56. The monoisotopic (exact) mass is 301 g/mol. The summed E-state index contributed by atoms with van der Waals surface area (Å²) in [5.41, 5.74) is 8.96. The molecule has 2 aliphatic rings. The minimum absolute atomic E-state index is 0.0615. The van der Waals surface area contributed by atoms with Crippen molar-refractivity contribution in [2.75, 3.05) is 20.3 Å². The first-order chi connectivity index (χ1) is 10.8. The van der Waals surface area contributed by atoms with Gasteiger partial charge in [-0.25, -0.2) is 0 Å². The van der Waals surface area contributed by atoms with Gasteiger partial charge in [0, 0.05) is 19.4 Å². The zero-order valence-electron chi connectivity index (χ0n) is 13.4. The normalized spacial score (nSPS) is 26.5. The van der Waals surface area contributed by atoms with Crippen LogP contribution in [0, 0.1) is 0 Å². The van der Waals surface area contributed by atoms with Gasteiger partial charge in [-0.2, -0.15) is 0 Å². The van der Waals surface area contributed by atoms with Gasteiger partial charge in [0.2, 0.25) is 0 Å². The Kier molecular flexibility index (Phi) is 4.81. The summed E-state index contributed by atoms with van der Waals surface area (Å²) in [6.07, 6.45) is 8.37. The van der Waals surface area contributed by atoms with Crippen LogP contribution < -0.4 is 11.1 Å². The summed E-state index contributed by atoms with van der Waals surface area (Å²) in [6, 6.07) is 10.5. The Balaban J connectivity index is 1.93. The summed E-state index contributed by atoms with van der Waals surface area (Å²) in [5, 5.41) is 3.53. The quantitative estimate of drug-likeness (QED) is 0.897. The first-order valence-electron chi connectivity index (χ1n) is 8.31. The predicted molar refractivity (Wildman–Crippen MR) is 89.9 cm³/mol. The predicted octanol–water partition coefficient (Wildman–Crippen LogP) is 2.52. The molecular formula is C18H27N3O. The second-order valence-corrected chi connectivity index (χ2v) is 6.34. The fourth-order valence-corrected chi connectivity index (χ4v) is 3.92. The SMILES string of the molecule is COCCN1C(N)N/C(=C\c2ccccc2)C12CCCCC2. The standard InChI is InChI=1S/C18H27N3O/c1-22-13-12-21-17(19)20-16(14-15-8-4-2-5-9-15)18(21)10-6-3-7-11-18/h2,4-5,8-9,14,17,20H,3,6-7,10-13,19H2,1H3/b16-14-. The molecule has 0 amide bonds. The minimum atomic E-state index is -0.122. The van der Waals surface area contributed by atoms with Gasteiger partial charge in [-0.3, -0.25) is 10.6 Å². The van der Waals surface area contributed by atoms with E-state index in [0.717, 1.165) is 13.2 Å². The molecule has 120 valence electrons. The van der Waals surface area contributed by atoms with E-state index in [0.29, 0.717) is 0 Å². The van der Waals surface area contributed by atoms with Crippen molar-refractivity contribution in [2.24, 2.45) is 5.73 Å². The third-order valence-corrected chi connectivity index (χ3v) is 5.02. The van der Waals surface area contributed by atoms with Crippen molar-refractivity contribution < 1.29 is 4.74 Å². The Morgan fingerprint density at radius 3 is 2.68 bits per heavy atom. The molecule has 1 unspecified atom stereocenters. The summed E-state index contributed by atoms with van der Waals surface area (Å²) >= 11 is 0. The minimum Gasteiger partial charge on any atom is -0.383 e. The van der Waals surface area contributed by atoms with Crippen LogP contribution >= 0.6 is 0 Å². The molecule has 0 bridgehead atoms. The molecule has 1 aromatic rings. The lowest BCUT2D eigenvalue weighted by Crippen LogP contribution is -2.53. The molecule has 3 N–H and O–H groups in total. The molecule has 1 spiro atoms. The van der Waals surface area contributed by atoms with Gasteiger partial charge in [0.05, 0.1) is 12.1 Å². The molecule has 4 nitrogen and oxygen atoms in total. The summed E-state index contributed by atoms with van der Waals surface area (Å²) in [5.74, 6) is 0. The molecule has 1 aromatic carbocycles. The van der Waals surface area contributed by atoms with E-state index in [1.54, 1.807) is 7.11 Å². The van der Waals surface area contributed by atoms with Crippen molar-refractivity contribution in [3.05, 3.63) is 41.6 Å². The second-order valence-electron chi connectivity index (χ2n) is 6.34. The maximum Gasteiger partial charge on any atom is 0.133 e. The highest BCUT2D eigenvalue weighted by Crippen LogP contribution is 2.43. The molecule has 1 saturated carbocycles. The molecule has 0 aromatic heterocycles. The van der Waals surface area contributed by atoms with Crippen LogP contribution in [0.25, 0.3) is 6.08 Å². The molecule has 2 fully saturated rings. The van der Waals surface area contributed by atoms with Crippen LogP contribution in [-0.2, 0) is 4.74 Å². The number of nitrogens with one attached hydrogen (secondary N) is 1. The Labute approximate surface area is 133 Å². The van der Waals surface area contributed by atoms with Crippen LogP contribution in [0.4, 0.5) is 0 Å². The molecular weight excluding hydrogens is 274 g/mol. The number of ether oxygens (including phenoxy) is 1. The number of benzene rings is 1. The zero-order chi connectivity index (χ0) is 15.4. The van der Waals surface area contributed by atoms with Gasteiger partial charge in [0.15, 0.2) is 0 Å². The lowest BCUT2D eigenvalue weighted by atomic mass is 9.78. The van der Waals surface area contributed by atoms with E-state index in [1.807, 2.05) is 0 Å². The molecule has 22 heavy (non-hydrogen) atoms. The molecule has 1 aliphatic heterocycles. The molecule has 1 saturated heterocycles. The average molecular weight is 301 g/mol. The summed E-state index contributed by atoms with van der Waals surface area (Å²) in [6.45, 7) is 1.59. The van der Waals surface area contributed by atoms with Gasteiger partial charge in [-0.15, -0.1) is 0 Å². The van der Waals surface area contributed by atoms with Gasteiger partial charge >= 0.3 is 0 Å². The van der Waals surface area contributed by atoms with E-state index in [2.05, 4.69) is 46.6 Å². The lowest BCUT2D eigenvalue weighted by Gasteiger charge is -2.42. The average Bonchev–Trinajstić information content (AvgIpc) is 2.79. The number of methoxy groups -OCH3 is 1. The summed E-state index contributed by atoms with van der Waals surface area (Å²) in [7, 11) is 1.75. The number of nitrogens with zero attached hydrogens (tertiary/aromatic N) is 1. The molecule has 1 aliphatic carbocycles. The van der Waals surface area contributed by atoms with Crippen molar-refractivity contribution in [2.45, 2.75) is 43.9 Å². The van der Waals surface area contributed by atoms with Gasteiger partial charge in [0.25, 0.3) is 0 Å². The summed E-state index contributed by atoms with van der Waals surface area (Å²) < 4.78 is 5.30. The smallest absolute Gasteiger partial charge is 0.133 e. The van der Waals surface area contributed by atoms with Crippen molar-refractivity contribution in [3.8, 4) is 0 Å². The Morgan fingerprint density at radius 1 is 1.27 bits per heavy atom. The van der Waals surface area contributed by atoms with Crippen molar-refractivity contribution in [1.29, 1.82) is 0 Å². The van der Waals surface area contributed by atoms with Crippen LogP contribution in [-0.4, -0.2) is 37.0 Å². The number of hydrogen-bond donors (Lipinski definition) is 2. The Hall–Kier alpha value is -1.36. The fraction of sp³-hybridized carbons (Fsp3) is 0.556. The van der Waals surface area contributed by atoms with Crippen LogP contribution in [0.3, 0.4) is 0 Å². The molecule has 1 atom stereocenters. The number of nitrogens with two attached hydrogens (primary N) is 1. The zero-order valence-corrected chi connectivity index (χ0v) is 13.4. The van der Waals surface area contributed by atoms with Crippen molar-refractivity contribution in [3.63, 3.8) is 0 Å². The fourth-order valence-electron chi connectivity index (χ4n) is 3.92. The molecule has 4 heteroatoms. The van der Waals surface area contributed by atoms with Crippen LogP contribution in [0.1, 0.15) is 37.7 Å². The maximum atomic E-state index is 6.39. The van der Waals surface area contributed by atoms with Gasteiger partial charge in [-0.05, 0) is 24.5 Å². The highest BCUT2D eigenvalue weighted by Gasteiger charge is 2.48. The van der Waals surface area contributed by atoms with E-state index in [4.69, 9.17) is 10.5 Å². The first-order valence-corrected chi connectivity index (χ1v) is 8.31. The van der Waals surface area contributed by atoms with E-state index in [-0.39, 0.29) is 11.8 Å². The molecule has 0 radical (unpaired) electrons. The molecule has 1 heterocycles. The van der Waals surface area contributed by atoms with E-state index in [1.165, 1.54) is 43.4 Å². The van der Waals surface area contributed by atoms with E-state index < -0.39 is 0 Å². The highest BCUT2D eigenvalue weighted by atomic mass is 16.5. The number of hydrogen-bond acceptors (Lipinski definition) is 4. The van der Waals surface area contributed by atoms with Crippen molar-refractivity contribution in [1.82, 2.24) is 10.2 Å². The van der Waals surface area contributed by atoms with Crippen LogP contribution in [0.2, 0.25) is 0 Å². The first kappa shape index (κ1) is 15.5. The third kappa shape index (κ3) is 2.91. The van der Waals surface area contributed by atoms with Crippen LogP contribution in [0.15, 0.2) is 36.0 Å². The second kappa shape index (κ2) is 6.82. The Morgan fingerprint density at radius 2 is 2.00 bits per heavy atom. The third-order valence-electron chi connectivity index (χ3n) is 5.02. The maximum absolute atomic E-state index is 6.39. The van der Waals surface area contributed by atoms with E-state index >= 15 is 0 Å². The summed E-state index contributed by atoms with van der Waals surface area (Å²) in [4.78, 5) is 2.41. The lowest BCUT2D eigenvalue weighted by molar-refractivity contribution is 0.0504. The van der Waals surface area contributed by atoms with Crippen molar-refractivity contribution >= 4 is 6.08 Å². The number of rotatable bonds is 4. The van der Waals surface area contributed by atoms with E-state index in [9.17, 15) is 0 Å². The van der Waals surface area contributed by atoms with Gasteiger partial charge in [0.1, 0.15) is 6.29 Å². The van der Waals surface area contributed by atoms with Gasteiger partial charge < -0.3 is 10.1 Å².